The van der Waals surface area contributed by atoms with Crippen LogP contribution in [0.4, 0.5) is 0 Å². The molecule has 1 aliphatic rings. The van der Waals surface area contributed by atoms with Crippen LogP contribution in [0.25, 0.3) is 0 Å². The third-order valence-electron chi connectivity index (χ3n) is 2.66. The highest BCUT2D eigenvalue weighted by Crippen LogP contribution is 2.53. The maximum absolute atomic E-state index is 5.90. The van der Waals surface area contributed by atoms with Crippen LogP contribution in [0.2, 0.25) is 0 Å². The van der Waals surface area contributed by atoms with Crippen molar-refractivity contribution in [1.29, 1.82) is 0 Å². The topological polar surface area (TPSA) is 9.23 Å². The van der Waals surface area contributed by atoms with E-state index in [1.165, 1.54) is 6.42 Å². The third-order valence-corrected chi connectivity index (χ3v) is 3.19. The fourth-order valence-corrected chi connectivity index (χ4v) is 1.79. The minimum atomic E-state index is -0.0264. The minimum Gasteiger partial charge on any atom is -0.375 e. The molecule has 1 rings (SSSR count). The van der Waals surface area contributed by atoms with Gasteiger partial charge in [0.05, 0.1) is 12.2 Å². The maximum atomic E-state index is 5.90. The number of hydrogen-bond donors (Lipinski definition) is 0. The lowest BCUT2D eigenvalue weighted by Gasteiger charge is -2.23. The summed E-state index contributed by atoms with van der Waals surface area (Å²) in [5.74, 6) is 1.49. The molecule has 0 N–H and O–H groups in total. The van der Waals surface area contributed by atoms with Crippen LogP contribution in [0.3, 0.4) is 0 Å². The number of rotatable bonds is 3. The Morgan fingerprint density at radius 1 is 1.50 bits per heavy atom. The van der Waals surface area contributed by atoms with Gasteiger partial charge in [-0.3, -0.25) is 0 Å². The summed E-state index contributed by atoms with van der Waals surface area (Å²) in [5, 5.41) is 0. The lowest BCUT2D eigenvalue weighted by atomic mass is 10.1. The molecule has 72 valence electrons. The van der Waals surface area contributed by atoms with Crippen molar-refractivity contribution in [2.75, 3.05) is 12.5 Å². The van der Waals surface area contributed by atoms with Crippen LogP contribution in [0.5, 0.6) is 0 Å². The third kappa shape index (κ3) is 2.37. The molecule has 2 unspecified atom stereocenters. The first-order chi connectivity index (χ1) is 5.40. The molecule has 12 heavy (non-hydrogen) atoms. The zero-order valence-electron chi connectivity index (χ0n) is 8.48. The quantitative estimate of drug-likeness (QED) is 0.622. The van der Waals surface area contributed by atoms with Crippen molar-refractivity contribution in [3.05, 3.63) is 0 Å². The van der Waals surface area contributed by atoms with Crippen molar-refractivity contribution >= 4 is 11.6 Å². The molecule has 0 aromatic carbocycles. The van der Waals surface area contributed by atoms with E-state index in [4.69, 9.17) is 16.3 Å². The van der Waals surface area contributed by atoms with E-state index in [0.29, 0.717) is 5.41 Å². The van der Waals surface area contributed by atoms with E-state index in [-0.39, 0.29) is 5.60 Å². The predicted molar refractivity (Wildman–Crippen MR) is 52.6 cm³/mol. The van der Waals surface area contributed by atoms with E-state index in [9.17, 15) is 0 Å². The van der Waals surface area contributed by atoms with Gasteiger partial charge in [-0.1, -0.05) is 6.92 Å². The second kappa shape index (κ2) is 3.19. The highest BCUT2D eigenvalue weighted by Gasteiger charge is 2.50. The molecule has 0 spiro atoms. The van der Waals surface area contributed by atoms with Crippen LogP contribution in [0.15, 0.2) is 0 Å². The molecule has 1 fully saturated rings. The zero-order chi connectivity index (χ0) is 9.41. The fraction of sp³-hybridized carbons (Fsp3) is 1.00. The SMILES string of the molecule is CC1CC1(CCl)COC(C)(C)C. The molecular weight excluding hydrogens is 172 g/mol. The molecule has 0 heterocycles. The highest BCUT2D eigenvalue weighted by atomic mass is 35.5. The Bertz CT molecular complexity index is 158. The van der Waals surface area contributed by atoms with Crippen molar-refractivity contribution in [3.63, 3.8) is 0 Å². The second-order valence-corrected chi connectivity index (χ2v) is 5.27. The van der Waals surface area contributed by atoms with E-state index >= 15 is 0 Å². The molecule has 1 nitrogen and oxygen atoms in total. The molecule has 2 heteroatoms. The molecule has 0 aromatic heterocycles. The standard InChI is InChI=1S/C10H19ClO/c1-8-5-10(8,6-11)7-12-9(2,3)4/h8H,5-7H2,1-4H3. The minimum absolute atomic E-state index is 0.0264. The van der Waals surface area contributed by atoms with Gasteiger partial charge in [-0.25, -0.2) is 0 Å². The first-order valence-corrected chi connectivity index (χ1v) is 5.13. The summed E-state index contributed by atoms with van der Waals surface area (Å²) in [7, 11) is 0. The average Bonchev–Trinajstić information content (AvgIpc) is 2.57. The average molecular weight is 191 g/mol. The molecule has 0 bridgehead atoms. The van der Waals surface area contributed by atoms with Gasteiger partial charge in [-0.2, -0.15) is 0 Å². The van der Waals surface area contributed by atoms with Crippen molar-refractivity contribution in [2.24, 2.45) is 11.3 Å². The lowest BCUT2D eigenvalue weighted by Crippen LogP contribution is -2.25. The van der Waals surface area contributed by atoms with Crippen LogP contribution in [0, 0.1) is 11.3 Å². The predicted octanol–water partition coefficient (Wildman–Crippen LogP) is 3.07. The molecule has 0 aliphatic heterocycles. The van der Waals surface area contributed by atoms with Crippen molar-refractivity contribution in [2.45, 2.75) is 39.7 Å². The van der Waals surface area contributed by atoms with E-state index in [2.05, 4.69) is 27.7 Å². The van der Waals surface area contributed by atoms with Crippen molar-refractivity contribution in [3.8, 4) is 0 Å². The molecule has 1 aliphatic carbocycles. The largest absolute Gasteiger partial charge is 0.375 e. The summed E-state index contributed by atoms with van der Waals surface area (Å²) < 4.78 is 5.73. The maximum Gasteiger partial charge on any atom is 0.0598 e. The number of ether oxygens (including phenoxy) is 1. The molecule has 1 saturated carbocycles. The van der Waals surface area contributed by atoms with Gasteiger partial charge >= 0.3 is 0 Å². The fourth-order valence-electron chi connectivity index (χ4n) is 1.34. The molecule has 0 radical (unpaired) electrons. The monoisotopic (exact) mass is 190 g/mol. The van der Waals surface area contributed by atoms with Gasteiger partial charge in [0.15, 0.2) is 0 Å². The van der Waals surface area contributed by atoms with Crippen LogP contribution in [-0.2, 0) is 4.74 Å². The Hall–Kier alpha value is 0.250. The lowest BCUT2D eigenvalue weighted by molar-refractivity contribution is -0.0264. The van der Waals surface area contributed by atoms with Crippen molar-refractivity contribution in [1.82, 2.24) is 0 Å². The second-order valence-electron chi connectivity index (χ2n) is 5.00. The molecule has 0 aromatic rings. The summed E-state index contributed by atoms with van der Waals surface area (Å²) in [6.07, 6.45) is 1.23. The van der Waals surface area contributed by atoms with Gasteiger partial charge in [-0.05, 0) is 33.1 Å². The van der Waals surface area contributed by atoms with Gasteiger partial charge in [0.2, 0.25) is 0 Å². The smallest absolute Gasteiger partial charge is 0.0598 e. The van der Waals surface area contributed by atoms with Gasteiger partial charge in [0.25, 0.3) is 0 Å². The molecule has 0 saturated heterocycles. The Morgan fingerprint density at radius 3 is 2.25 bits per heavy atom. The van der Waals surface area contributed by atoms with E-state index in [1.54, 1.807) is 0 Å². The first-order valence-electron chi connectivity index (χ1n) is 4.59. The molecule has 2 atom stereocenters. The number of alkyl halides is 1. The van der Waals surface area contributed by atoms with E-state index in [1.807, 2.05) is 0 Å². The van der Waals surface area contributed by atoms with Crippen molar-refractivity contribution < 1.29 is 4.74 Å². The van der Waals surface area contributed by atoms with Crippen LogP contribution in [0.1, 0.15) is 34.1 Å². The Kier molecular flexibility index (Phi) is 2.75. The number of halogens is 1. The summed E-state index contributed by atoms with van der Waals surface area (Å²) in [6, 6.07) is 0. The summed E-state index contributed by atoms with van der Waals surface area (Å²) in [4.78, 5) is 0. The first kappa shape index (κ1) is 10.3. The normalized spacial score (nSPS) is 35.2. The van der Waals surface area contributed by atoms with Gasteiger partial charge < -0.3 is 4.74 Å². The van der Waals surface area contributed by atoms with Gasteiger partial charge in [-0.15, -0.1) is 11.6 Å². The Morgan fingerprint density at radius 2 is 2.00 bits per heavy atom. The zero-order valence-corrected chi connectivity index (χ0v) is 9.24. The van der Waals surface area contributed by atoms with Gasteiger partial charge in [0.1, 0.15) is 0 Å². The summed E-state index contributed by atoms with van der Waals surface area (Å²) >= 11 is 5.90. The highest BCUT2D eigenvalue weighted by molar-refractivity contribution is 6.18. The van der Waals surface area contributed by atoms with Crippen LogP contribution < -0.4 is 0 Å². The molecule has 0 amide bonds. The molecular formula is C10H19ClO. The van der Waals surface area contributed by atoms with Crippen LogP contribution >= 0.6 is 11.6 Å². The Labute approximate surface area is 80.4 Å². The summed E-state index contributed by atoms with van der Waals surface area (Å²) in [5.41, 5.74) is 0.274. The summed E-state index contributed by atoms with van der Waals surface area (Å²) in [6.45, 7) is 9.32. The van der Waals surface area contributed by atoms with E-state index < -0.39 is 0 Å². The van der Waals surface area contributed by atoms with Crippen LogP contribution in [-0.4, -0.2) is 18.1 Å². The van der Waals surface area contributed by atoms with E-state index in [0.717, 1.165) is 18.4 Å². The van der Waals surface area contributed by atoms with Gasteiger partial charge in [0, 0.05) is 11.3 Å². The Balaban J connectivity index is 2.32. The number of hydrogen-bond acceptors (Lipinski definition) is 1.